The molecule has 16 heavy (non-hydrogen) atoms. The Labute approximate surface area is 93.7 Å². The summed E-state index contributed by atoms with van der Waals surface area (Å²) in [5, 5.41) is 7.34. The number of rotatable bonds is 2. The third kappa shape index (κ3) is 2.82. The average molecular weight is 238 g/mol. The van der Waals surface area contributed by atoms with Gasteiger partial charge in [0, 0.05) is 5.69 Å². The number of terminal acetylenes is 1. The van der Waals surface area contributed by atoms with E-state index in [0.717, 1.165) is 0 Å². The van der Waals surface area contributed by atoms with Gasteiger partial charge < -0.3 is 5.32 Å². The minimum atomic E-state index is -3.79. The number of hydrogen-bond acceptors (Lipinski definition) is 3. The second-order valence-electron chi connectivity index (χ2n) is 3.12. The number of anilines is 1. The summed E-state index contributed by atoms with van der Waals surface area (Å²) in [6.07, 6.45) is 4.89. The molecule has 0 unspecified atom stereocenters. The largest absolute Gasteiger partial charge is 0.315 e. The lowest BCUT2D eigenvalue weighted by molar-refractivity contribution is -0.111. The molecule has 0 radical (unpaired) electrons. The van der Waals surface area contributed by atoms with E-state index in [4.69, 9.17) is 11.6 Å². The Kier molecular flexibility index (Phi) is 3.32. The van der Waals surface area contributed by atoms with E-state index in [2.05, 4.69) is 5.32 Å². The van der Waals surface area contributed by atoms with Crippen LogP contribution < -0.4 is 10.5 Å². The van der Waals surface area contributed by atoms with Crippen LogP contribution in [-0.2, 0) is 14.8 Å². The molecule has 1 rings (SSSR count). The predicted molar refractivity (Wildman–Crippen MR) is 60.0 cm³/mol. The van der Waals surface area contributed by atoms with Crippen LogP contribution in [0.15, 0.2) is 23.1 Å². The minimum absolute atomic E-state index is 0.0783. The van der Waals surface area contributed by atoms with Crippen molar-refractivity contribution in [3.8, 4) is 12.3 Å². The molecule has 0 saturated heterocycles. The highest BCUT2D eigenvalue weighted by Crippen LogP contribution is 2.19. The average Bonchev–Trinajstić information content (AvgIpc) is 2.19. The molecule has 0 atom stereocenters. The molecule has 0 aliphatic carbocycles. The van der Waals surface area contributed by atoms with E-state index in [-0.39, 0.29) is 4.90 Å². The third-order valence-electron chi connectivity index (χ3n) is 1.92. The lowest BCUT2D eigenvalue weighted by Gasteiger charge is -2.07. The molecule has 6 heteroatoms. The normalized spacial score (nSPS) is 10.6. The lowest BCUT2D eigenvalue weighted by Crippen LogP contribution is -2.14. The van der Waals surface area contributed by atoms with Gasteiger partial charge in [-0.1, -0.05) is 6.07 Å². The fourth-order valence-corrected chi connectivity index (χ4v) is 1.61. The Morgan fingerprint density at radius 2 is 2.12 bits per heavy atom. The second-order valence-corrected chi connectivity index (χ2v) is 4.68. The summed E-state index contributed by atoms with van der Waals surface area (Å²) in [5.74, 6) is 1.22. The van der Waals surface area contributed by atoms with Crippen molar-refractivity contribution in [3.63, 3.8) is 0 Å². The van der Waals surface area contributed by atoms with Gasteiger partial charge in [0.2, 0.25) is 10.0 Å². The molecule has 3 N–H and O–H groups in total. The van der Waals surface area contributed by atoms with Gasteiger partial charge in [-0.25, -0.2) is 13.6 Å². The number of nitrogens with one attached hydrogen (secondary N) is 1. The minimum Gasteiger partial charge on any atom is -0.315 e. The molecule has 1 aromatic carbocycles. The van der Waals surface area contributed by atoms with Crippen LogP contribution in [0.25, 0.3) is 0 Å². The molecule has 0 aliphatic rings. The van der Waals surface area contributed by atoms with Gasteiger partial charge in [-0.3, -0.25) is 4.79 Å². The van der Waals surface area contributed by atoms with Crippen molar-refractivity contribution in [2.45, 2.75) is 11.8 Å². The molecule has 0 bridgehead atoms. The topological polar surface area (TPSA) is 89.3 Å². The Bertz CT molecular complexity index is 570. The fraction of sp³-hybridized carbons (Fsp3) is 0.100. The molecule has 1 aromatic rings. The van der Waals surface area contributed by atoms with Crippen LogP contribution >= 0.6 is 0 Å². The molecule has 1 amide bonds. The lowest BCUT2D eigenvalue weighted by atomic mass is 10.2. The van der Waals surface area contributed by atoms with Crippen LogP contribution in [-0.4, -0.2) is 14.3 Å². The van der Waals surface area contributed by atoms with Gasteiger partial charge in [-0.15, -0.1) is 6.42 Å². The smallest absolute Gasteiger partial charge is 0.300 e. The highest BCUT2D eigenvalue weighted by Gasteiger charge is 2.10. The maximum Gasteiger partial charge on any atom is 0.300 e. The van der Waals surface area contributed by atoms with Crippen LogP contribution in [0.5, 0.6) is 0 Å². The van der Waals surface area contributed by atoms with E-state index >= 15 is 0 Å². The number of carbonyl (C=O) groups is 1. The Balaban J connectivity index is 3.21. The fourth-order valence-electron chi connectivity index (χ4n) is 1.07. The number of benzene rings is 1. The maximum atomic E-state index is 11.1. The van der Waals surface area contributed by atoms with Crippen molar-refractivity contribution in [2.24, 2.45) is 5.14 Å². The van der Waals surface area contributed by atoms with Crippen LogP contribution in [0, 0.1) is 19.3 Å². The first-order chi connectivity index (χ1) is 7.34. The van der Waals surface area contributed by atoms with Gasteiger partial charge in [-0.05, 0) is 30.5 Å². The summed E-state index contributed by atoms with van der Waals surface area (Å²) >= 11 is 0. The number of sulfonamides is 1. The molecule has 0 spiro atoms. The van der Waals surface area contributed by atoms with E-state index in [0.29, 0.717) is 11.3 Å². The van der Waals surface area contributed by atoms with Crippen molar-refractivity contribution >= 4 is 21.6 Å². The zero-order chi connectivity index (χ0) is 12.3. The highest BCUT2D eigenvalue weighted by atomic mass is 32.2. The number of aryl methyl sites for hydroxylation is 1. The van der Waals surface area contributed by atoms with Crippen molar-refractivity contribution < 1.29 is 13.2 Å². The molecular formula is C10H10N2O3S. The van der Waals surface area contributed by atoms with Crippen LogP contribution in [0.4, 0.5) is 5.69 Å². The third-order valence-corrected chi connectivity index (χ3v) is 2.83. The standard InChI is InChI=1S/C10H10N2O3S/c1-3-10(13)12-9-6-8(16(11,14)15)5-4-7(9)2/h1,4-6H,2H3,(H,12,13)(H2,11,14,15). The quantitative estimate of drug-likeness (QED) is 0.722. The van der Waals surface area contributed by atoms with Gasteiger partial charge in [0.15, 0.2) is 0 Å². The number of carbonyl (C=O) groups excluding carboxylic acids is 1. The number of primary sulfonamides is 1. The molecule has 5 nitrogen and oxygen atoms in total. The van der Waals surface area contributed by atoms with E-state index < -0.39 is 15.9 Å². The first-order valence-corrected chi connectivity index (χ1v) is 5.80. The monoisotopic (exact) mass is 238 g/mol. The van der Waals surface area contributed by atoms with Crippen LogP contribution in [0.2, 0.25) is 0 Å². The molecule has 84 valence electrons. The van der Waals surface area contributed by atoms with Crippen molar-refractivity contribution in [3.05, 3.63) is 23.8 Å². The van der Waals surface area contributed by atoms with Gasteiger partial charge in [0.25, 0.3) is 5.91 Å². The van der Waals surface area contributed by atoms with Crippen molar-refractivity contribution in [2.75, 3.05) is 5.32 Å². The van der Waals surface area contributed by atoms with Gasteiger partial charge >= 0.3 is 0 Å². The van der Waals surface area contributed by atoms with Crippen molar-refractivity contribution in [1.29, 1.82) is 0 Å². The zero-order valence-corrected chi connectivity index (χ0v) is 9.34. The van der Waals surface area contributed by atoms with E-state index in [1.165, 1.54) is 18.2 Å². The zero-order valence-electron chi connectivity index (χ0n) is 8.52. The van der Waals surface area contributed by atoms with E-state index in [1.54, 1.807) is 6.92 Å². The van der Waals surface area contributed by atoms with Gasteiger partial charge in [0.05, 0.1) is 4.90 Å². The highest BCUT2D eigenvalue weighted by molar-refractivity contribution is 7.89. The molecule has 0 saturated carbocycles. The summed E-state index contributed by atoms with van der Waals surface area (Å²) < 4.78 is 22.2. The summed E-state index contributed by atoms with van der Waals surface area (Å²) in [6.45, 7) is 1.71. The SMILES string of the molecule is C#CC(=O)Nc1cc(S(N)(=O)=O)ccc1C. The van der Waals surface area contributed by atoms with Crippen LogP contribution in [0.1, 0.15) is 5.56 Å². The van der Waals surface area contributed by atoms with Crippen LogP contribution in [0.3, 0.4) is 0 Å². The summed E-state index contributed by atoms with van der Waals surface area (Å²) in [4.78, 5) is 10.9. The van der Waals surface area contributed by atoms with Crippen molar-refractivity contribution in [1.82, 2.24) is 0 Å². The number of amides is 1. The number of hydrogen-bond donors (Lipinski definition) is 2. The predicted octanol–water partition coefficient (Wildman–Crippen LogP) is 0.214. The van der Waals surface area contributed by atoms with E-state index in [9.17, 15) is 13.2 Å². The molecule has 0 heterocycles. The Morgan fingerprint density at radius 3 is 2.62 bits per heavy atom. The van der Waals surface area contributed by atoms with Gasteiger partial charge in [-0.2, -0.15) is 0 Å². The second kappa shape index (κ2) is 4.35. The van der Waals surface area contributed by atoms with Gasteiger partial charge in [0.1, 0.15) is 0 Å². The van der Waals surface area contributed by atoms with E-state index in [1.807, 2.05) is 5.92 Å². The summed E-state index contributed by atoms with van der Waals surface area (Å²) in [5.41, 5.74) is 1.02. The molecular weight excluding hydrogens is 228 g/mol. The molecule has 0 aliphatic heterocycles. The molecule has 0 aromatic heterocycles. The summed E-state index contributed by atoms with van der Waals surface area (Å²) in [6, 6.07) is 4.15. The Hall–Kier alpha value is -1.84. The Morgan fingerprint density at radius 1 is 1.50 bits per heavy atom. The first kappa shape index (κ1) is 12.2. The summed E-state index contributed by atoms with van der Waals surface area (Å²) in [7, 11) is -3.79. The maximum absolute atomic E-state index is 11.1. The first-order valence-electron chi connectivity index (χ1n) is 4.25. The number of nitrogens with two attached hydrogens (primary N) is 1. The molecule has 0 fully saturated rings.